The van der Waals surface area contributed by atoms with Crippen LogP contribution in [-0.4, -0.2) is 19.5 Å². The standard InChI is InChI=1S/C11H11N5/c1-7-13-4-5-16(7)11-14-9-3-2-8(12)6-10(9)15-11/h2-6H,12H2,1H3,(H,14,15). The van der Waals surface area contributed by atoms with Crippen molar-refractivity contribution in [2.24, 2.45) is 0 Å². The molecule has 16 heavy (non-hydrogen) atoms. The summed E-state index contributed by atoms with van der Waals surface area (Å²) in [4.78, 5) is 11.8. The van der Waals surface area contributed by atoms with Gasteiger partial charge in [0.15, 0.2) is 0 Å². The number of fused-ring (bicyclic) bond motifs is 1. The average Bonchev–Trinajstić information content (AvgIpc) is 2.82. The average molecular weight is 213 g/mol. The summed E-state index contributed by atoms with van der Waals surface area (Å²) in [6.07, 6.45) is 3.62. The van der Waals surface area contributed by atoms with E-state index in [0.717, 1.165) is 28.5 Å². The molecule has 0 fully saturated rings. The largest absolute Gasteiger partial charge is 0.399 e. The highest BCUT2D eigenvalue weighted by molar-refractivity contribution is 5.79. The van der Waals surface area contributed by atoms with Crippen molar-refractivity contribution >= 4 is 16.7 Å². The molecule has 0 amide bonds. The SMILES string of the molecule is Cc1nccn1-c1nc2ccc(N)cc2[nH]1. The third kappa shape index (κ3) is 1.25. The fourth-order valence-corrected chi connectivity index (χ4v) is 1.73. The Hall–Kier alpha value is -2.30. The maximum Gasteiger partial charge on any atom is 0.213 e. The molecule has 0 saturated carbocycles. The van der Waals surface area contributed by atoms with E-state index in [-0.39, 0.29) is 0 Å². The summed E-state index contributed by atoms with van der Waals surface area (Å²) >= 11 is 0. The highest BCUT2D eigenvalue weighted by Gasteiger charge is 2.06. The molecular weight excluding hydrogens is 202 g/mol. The number of hydrogen-bond acceptors (Lipinski definition) is 3. The van der Waals surface area contributed by atoms with Crippen molar-refractivity contribution in [2.75, 3.05) is 5.73 Å². The lowest BCUT2D eigenvalue weighted by molar-refractivity contribution is 0.912. The van der Waals surface area contributed by atoms with Gasteiger partial charge in [0.2, 0.25) is 5.95 Å². The second kappa shape index (κ2) is 3.10. The van der Waals surface area contributed by atoms with Crippen molar-refractivity contribution in [3.05, 3.63) is 36.4 Å². The van der Waals surface area contributed by atoms with Gasteiger partial charge in [-0.1, -0.05) is 0 Å². The van der Waals surface area contributed by atoms with Crippen LogP contribution in [0.4, 0.5) is 5.69 Å². The number of anilines is 1. The van der Waals surface area contributed by atoms with E-state index in [1.54, 1.807) is 6.20 Å². The van der Waals surface area contributed by atoms with Gasteiger partial charge in [0.1, 0.15) is 5.82 Å². The van der Waals surface area contributed by atoms with Gasteiger partial charge < -0.3 is 10.7 Å². The Morgan fingerprint density at radius 3 is 3.00 bits per heavy atom. The Bertz CT molecular complexity index is 649. The van der Waals surface area contributed by atoms with Gasteiger partial charge in [-0.25, -0.2) is 9.97 Å². The zero-order valence-corrected chi connectivity index (χ0v) is 8.81. The maximum absolute atomic E-state index is 5.71. The van der Waals surface area contributed by atoms with Crippen LogP contribution in [-0.2, 0) is 0 Å². The van der Waals surface area contributed by atoms with Gasteiger partial charge in [0.25, 0.3) is 0 Å². The highest BCUT2D eigenvalue weighted by atomic mass is 15.2. The summed E-state index contributed by atoms with van der Waals surface area (Å²) in [6, 6.07) is 5.61. The molecule has 2 aromatic heterocycles. The monoisotopic (exact) mass is 213 g/mol. The van der Waals surface area contributed by atoms with Crippen LogP contribution in [0.3, 0.4) is 0 Å². The molecule has 0 spiro atoms. The molecule has 0 aliphatic heterocycles. The second-order valence-electron chi connectivity index (χ2n) is 3.68. The van der Waals surface area contributed by atoms with Crippen LogP contribution in [0.25, 0.3) is 17.0 Å². The Labute approximate surface area is 91.9 Å². The van der Waals surface area contributed by atoms with Crippen molar-refractivity contribution in [1.29, 1.82) is 0 Å². The van der Waals surface area contributed by atoms with E-state index < -0.39 is 0 Å². The number of nitrogen functional groups attached to an aromatic ring is 1. The Balaban J connectivity index is 2.23. The fraction of sp³-hybridized carbons (Fsp3) is 0.0909. The molecule has 0 atom stereocenters. The van der Waals surface area contributed by atoms with E-state index in [0.29, 0.717) is 0 Å². The van der Waals surface area contributed by atoms with Crippen molar-refractivity contribution in [3.63, 3.8) is 0 Å². The lowest BCUT2D eigenvalue weighted by Gasteiger charge is -1.97. The van der Waals surface area contributed by atoms with Crippen LogP contribution in [0.1, 0.15) is 5.82 Å². The first-order valence-electron chi connectivity index (χ1n) is 4.99. The van der Waals surface area contributed by atoms with Gasteiger partial charge >= 0.3 is 0 Å². The number of benzene rings is 1. The van der Waals surface area contributed by atoms with Crippen LogP contribution in [0.5, 0.6) is 0 Å². The van der Waals surface area contributed by atoms with Crippen LogP contribution in [0, 0.1) is 6.92 Å². The molecular formula is C11H11N5. The summed E-state index contributed by atoms with van der Waals surface area (Å²) in [6.45, 7) is 1.93. The second-order valence-corrected chi connectivity index (χ2v) is 3.68. The van der Waals surface area contributed by atoms with Gasteiger partial charge in [-0.2, -0.15) is 0 Å². The summed E-state index contributed by atoms with van der Waals surface area (Å²) in [5, 5.41) is 0. The number of aryl methyl sites for hydroxylation is 1. The Kier molecular flexibility index (Phi) is 1.73. The third-order valence-corrected chi connectivity index (χ3v) is 2.55. The number of nitrogens with two attached hydrogens (primary N) is 1. The molecule has 2 heterocycles. The van der Waals surface area contributed by atoms with Gasteiger partial charge in [-0.05, 0) is 25.1 Å². The fourth-order valence-electron chi connectivity index (χ4n) is 1.73. The Morgan fingerprint density at radius 1 is 1.38 bits per heavy atom. The summed E-state index contributed by atoms with van der Waals surface area (Å²) in [5.41, 5.74) is 8.28. The molecule has 0 aliphatic carbocycles. The number of rotatable bonds is 1. The minimum atomic E-state index is 0.727. The first-order chi connectivity index (χ1) is 7.74. The van der Waals surface area contributed by atoms with Crippen molar-refractivity contribution in [3.8, 4) is 5.95 Å². The van der Waals surface area contributed by atoms with Gasteiger partial charge in [0.05, 0.1) is 11.0 Å². The maximum atomic E-state index is 5.71. The van der Waals surface area contributed by atoms with E-state index in [4.69, 9.17) is 5.73 Å². The summed E-state index contributed by atoms with van der Waals surface area (Å²) < 4.78 is 1.90. The molecule has 5 nitrogen and oxygen atoms in total. The van der Waals surface area contributed by atoms with Crippen molar-refractivity contribution in [2.45, 2.75) is 6.92 Å². The minimum Gasteiger partial charge on any atom is -0.399 e. The smallest absolute Gasteiger partial charge is 0.213 e. The first-order valence-corrected chi connectivity index (χ1v) is 4.99. The van der Waals surface area contributed by atoms with Gasteiger partial charge in [-0.3, -0.25) is 4.57 Å². The predicted molar refractivity (Wildman–Crippen MR) is 62.4 cm³/mol. The normalized spacial score (nSPS) is 11.1. The van der Waals surface area contributed by atoms with Crippen molar-refractivity contribution in [1.82, 2.24) is 19.5 Å². The number of hydrogen-bond donors (Lipinski definition) is 2. The number of H-pyrrole nitrogens is 1. The summed E-state index contributed by atoms with van der Waals surface area (Å²) in [7, 11) is 0. The number of aromatic nitrogens is 4. The van der Waals surface area contributed by atoms with Crippen LogP contribution in [0.2, 0.25) is 0 Å². The van der Waals surface area contributed by atoms with Gasteiger partial charge in [-0.15, -0.1) is 0 Å². The zero-order valence-electron chi connectivity index (χ0n) is 8.81. The number of nitrogens with one attached hydrogen (secondary N) is 1. The van der Waals surface area contributed by atoms with E-state index >= 15 is 0 Å². The van der Waals surface area contributed by atoms with E-state index in [2.05, 4.69) is 15.0 Å². The molecule has 3 N–H and O–H groups in total. The molecule has 0 radical (unpaired) electrons. The summed E-state index contributed by atoms with van der Waals surface area (Å²) in [5.74, 6) is 1.66. The third-order valence-electron chi connectivity index (χ3n) is 2.55. The molecule has 3 rings (SSSR count). The zero-order chi connectivity index (χ0) is 11.1. The predicted octanol–water partition coefficient (Wildman–Crippen LogP) is 1.64. The Morgan fingerprint density at radius 2 is 2.25 bits per heavy atom. The van der Waals surface area contributed by atoms with Crippen LogP contribution >= 0.6 is 0 Å². The molecule has 0 saturated heterocycles. The van der Waals surface area contributed by atoms with Crippen molar-refractivity contribution < 1.29 is 0 Å². The topological polar surface area (TPSA) is 72.5 Å². The van der Waals surface area contributed by atoms with Crippen LogP contribution < -0.4 is 5.73 Å². The van der Waals surface area contributed by atoms with Crippen LogP contribution in [0.15, 0.2) is 30.6 Å². The first kappa shape index (κ1) is 8.96. The molecule has 0 bridgehead atoms. The van der Waals surface area contributed by atoms with E-state index in [1.807, 2.05) is 35.9 Å². The number of nitrogens with zero attached hydrogens (tertiary/aromatic N) is 3. The quantitative estimate of drug-likeness (QED) is 0.603. The van der Waals surface area contributed by atoms with E-state index in [1.165, 1.54) is 0 Å². The number of aromatic amines is 1. The van der Waals surface area contributed by atoms with E-state index in [9.17, 15) is 0 Å². The molecule has 0 aliphatic rings. The highest BCUT2D eigenvalue weighted by Crippen LogP contribution is 2.17. The van der Waals surface area contributed by atoms with Gasteiger partial charge in [0, 0.05) is 18.1 Å². The molecule has 80 valence electrons. The molecule has 3 aromatic rings. The molecule has 5 heteroatoms. The minimum absolute atomic E-state index is 0.727. The molecule has 1 aromatic carbocycles. The number of imidazole rings is 2. The lowest BCUT2D eigenvalue weighted by atomic mass is 10.3. The lowest BCUT2D eigenvalue weighted by Crippen LogP contribution is -1.97. The molecule has 0 unspecified atom stereocenters.